The van der Waals surface area contributed by atoms with E-state index in [0.717, 1.165) is 13.1 Å². The topological polar surface area (TPSA) is 15.3 Å². The van der Waals surface area contributed by atoms with E-state index in [4.69, 9.17) is 0 Å². The second-order valence-corrected chi connectivity index (χ2v) is 6.08. The molecule has 1 saturated heterocycles. The van der Waals surface area contributed by atoms with Crippen LogP contribution in [-0.2, 0) is 0 Å². The molecule has 2 fully saturated rings. The van der Waals surface area contributed by atoms with Crippen LogP contribution in [0.3, 0.4) is 0 Å². The standard InChI is InChI=1S/C13H23F3N2/c1-10-8-18(7-3-6-13(14,15)16)12(2,9-17-10)11-4-5-11/h10-11,17H,3-9H2,1-2H3. The van der Waals surface area contributed by atoms with E-state index in [0.29, 0.717) is 18.5 Å². The van der Waals surface area contributed by atoms with Crippen LogP contribution < -0.4 is 5.32 Å². The van der Waals surface area contributed by atoms with Gasteiger partial charge in [0.05, 0.1) is 0 Å². The fourth-order valence-electron chi connectivity index (χ4n) is 3.02. The van der Waals surface area contributed by atoms with Crippen molar-refractivity contribution in [3.63, 3.8) is 0 Å². The van der Waals surface area contributed by atoms with Gasteiger partial charge in [0.1, 0.15) is 0 Å². The molecule has 0 aromatic rings. The molecule has 0 radical (unpaired) electrons. The first-order valence-corrected chi connectivity index (χ1v) is 6.86. The second kappa shape index (κ2) is 5.00. The van der Waals surface area contributed by atoms with Crippen molar-refractivity contribution in [3.05, 3.63) is 0 Å². The Balaban J connectivity index is 1.89. The zero-order valence-corrected chi connectivity index (χ0v) is 11.2. The zero-order chi connectivity index (χ0) is 13.4. The maximum absolute atomic E-state index is 12.2. The van der Waals surface area contributed by atoms with Crippen molar-refractivity contribution in [2.75, 3.05) is 19.6 Å². The summed E-state index contributed by atoms with van der Waals surface area (Å²) >= 11 is 0. The van der Waals surface area contributed by atoms with E-state index in [1.54, 1.807) is 0 Å². The Bertz CT molecular complexity index is 288. The number of hydrogen-bond acceptors (Lipinski definition) is 2. The molecule has 2 nitrogen and oxygen atoms in total. The molecule has 2 atom stereocenters. The quantitative estimate of drug-likeness (QED) is 0.840. The molecule has 18 heavy (non-hydrogen) atoms. The molecule has 2 unspecified atom stereocenters. The normalized spacial score (nSPS) is 34.8. The first-order valence-electron chi connectivity index (χ1n) is 6.86. The predicted octanol–water partition coefficient (Wildman–Crippen LogP) is 2.79. The van der Waals surface area contributed by atoms with E-state index in [9.17, 15) is 13.2 Å². The van der Waals surface area contributed by atoms with Gasteiger partial charge in [-0.3, -0.25) is 4.90 Å². The van der Waals surface area contributed by atoms with Crippen molar-refractivity contribution >= 4 is 0 Å². The third kappa shape index (κ3) is 3.38. The van der Waals surface area contributed by atoms with Crippen LogP contribution in [0, 0.1) is 5.92 Å². The highest BCUT2D eigenvalue weighted by Gasteiger charge is 2.47. The lowest BCUT2D eigenvalue weighted by Gasteiger charge is -2.48. The lowest BCUT2D eigenvalue weighted by Crippen LogP contribution is -2.63. The highest BCUT2D eigenvalue weighted by atomic mass is 19.4. The second-order valence-electron chi connectivity index (χ2n) is 6.08. The summed E-state index contributed by atoms with van der Waals surface area (Å²) in [7, 11) is 0. The van der Waals surface area contributed by atoms with Gasteiger partial charge >= 0.3 is 6.18 Å². The minimum Gasteiger partial charge on any atom is -0.311 e. The van der Waals surface area contributed by atoms with Crippen molar-refractivity contribution in [3.8, 4) is 0 Å². The Morgan fingerprint density at radius 1 is 1.33 bits per heavy atom. The lowest BCUT2D eigenvalue weighted by atomic mass is 9.89. The molecule has 1 heterocycles. The Labute approximate surface area is 107 Å². The SMILES string of the molecule is CC1CN(CCCC(F)(F)F)C(C)(C2CC2)CN1. The average Bonchev–Trinajstić information content (AvgIpc) is 3.05. The van der Waals surface area contributed by atoms with E-state index >= 15 is 0 Å². The van der Waals surface area contributed by atoms with Crippen LogP contribution in [0.25, 0.3) is 0 Å². The van der Waals surface area contributed by atoms with Gasteiger partial charge in [-0.2, -0.15) is 13.2 Å². The van der Waals surface area contributed by atoms with Gasteiger partial charge in [0.2, 0.25) is 0 Å². The van der Waals surface area contributed by atoms with Crippen LogP contribution in [0.1, 0.15) is 39.5 Å². The summed E-state index contributed by atoms with van der Waals surface area (Å²) in [6, 6.07) is 0.378. The van der Waals surface area contributed by atoms with E-state index in [-0.39, 0.29) is 12.0 Å². The van der Waals surface area contributed by atoms with Gasteiger partial charge in [-0.15, -0.1) is 0 Å². The molecule has 0 aromatic carbocycles. The summed E-state index contributed by atoms with van der Waals surface area (Å²) in [6.45, 7) is 6.65. The first-order chi connectivity index (χ1) is 8.31. The smallest absolute Gasteiger partial charge is 0.311 e. The van der Waals surface area contributed by atoms with Crippen LogP contribution in [0.15, 0.2) is 0 Å². The molecule has 0 bridgehead atoms. The molecular formula is C13H23F3N2. The van der Waals surface area contributed by atoms with Crippen molar-refractivity contribution < 1.29 is 13.2 Å². The molecule has 0 amide bonds. The molecule has 5 heteroatoms. The summed E-state index contributed by atoms with van der Waals surface area (Å²) < 4.78 is 36.7. The van der Waals surface area contributed by atoms with Gasteiger partial charge in [0, 0.05) is 31.1 Å². The maximum Gasteiger partial charge on any atom is 0.389 e. The number of hydrogen-bond donors (Lipinski definition) is 1. The minimum absolute atomic E-state index is 0.0676. The molecule has 1 N–H and O–H groups in total. The molecule has 0 aromatic heterocycles. The minimum atomic E-state index is -4.02. The third-order valence-corrected chi connectivity index (χ3v) is 4.37. The summed E-state index contributed by atoms with van der Waals surface area (Å²) in [6.07, 6.45) is -2.01. The maximum atomic E-state index is 12.2. The average molecular weight is 264 g/mol. The molecule has 1 aliphatic carbocycles. The molecule has 1 saturated carbocycles. The number of piperazine rings is 1. The first kappa shape index (κ1) is 14.1. The van der Waals surface area contributed by atoms with E-state index in [1.165, 1.54) is 12.8 Å². The highest BCUT2D eigenvalue weighted by Crippen LogP contribution is 2.44. The van der Waals surface area contributed by atoms with Crippen LogP contribution in [0.4, 0.5) is 13.2 Å². The Morgan fingerprint density at radius 2 is 2.00 bits per heavy atom. The Hall–Kier alpha value is -0.290. The fourth-order valence-corrected chi connectivity index (χ4v) is 3.02. The molecule has 2 rings (SSSR count). The summed E-state index contributed by atoms with van der Waals surface area (Å²) in [4.78, 5) is 2.29. The van der Waals surface area contributed by atoms with Crippen molar-refractivity contribution in [2.24, 2.45) is 5.92 Å². The number of nitrogens with one attached hydrogen (secondary N) is 1. The third-order valence-electron chi connectivity index (χ3n) is 4.37. The molecular weight excluding hydrogens is 241 g/mol. The van der Waals surface area contributed by atoms with Gasteiger partial charge in [0.25, 0.3) is 0 Å². The van der Waals surface area contributed by atoms with E-state index in [2.05, 4.69) is 24.1 Å². The molecule has 106 valence electrons. The molecule has 1 aliphatic heterocycles. The van der Waals surface area contributed by atoms with Crippen LogP contribution >= 0.6 is 0 Å². The van der Waals surface area contributed by atoms with Crippen molar-refractivity contribution in [1.29, 1.82) is 0 Å². The summed E-state index contributed by atoms with van der Waals surface area (Å²) in [5, 5.41) is 3.47. The number of alkyl halides is 3. The van der Waals surface area contributed by atoms with E-state index < -0.39 is 12.6 Å². The summed E-state index contributed by atoms with van der Waals surface area (Å²) in [5.74, 6) is 0.670. The number of halogens is 3. The molecule has 0 spiro atoms. The number of nitrogens with zero attached hydrogens (tertiary/aromatic N) is 1. The number of rotatable bonds is 4. The van der Waals surface area contributed by atoms with Gasteiger partial charge in [-0.05, 0) is 45.6 Å². The van der Waals surface area contributed by atoms with Crippen LogP contribution in [0.5, 0.6) is 0 Å². The summed E-state index contributed by atoms with van der Waals surface area (Å²) in [5.41, 5.74) is 0.0676. The highest BCUT2D eigenvalue weighted by molar-refractivity contribution is 5.04. The Morgan fingerprint density at radius 3 is 2.56 bits per heavy atom. The fraction of sp³-hybridized carbons (Fsp3) is 1.00. The van der Waals surface area contributed by atoms with Crippen LogP contribution in [-0.4, -0.2) is 42.3 Å². The van der Waals surface area contributed by atoms with E-state index in [1.807, 2.05) is 0 Å². The van der Waals surface area contributed by atoms with Crippen molar-refractivity contribution in [2.45, 2.75) is 57.3 Å². The van der Waals surface area contributed by atoms with Gasteiger partial charge < -0.3 is 5.32 Å². The van der Waals surface area contributed by atoms with Gasteiger partial charge in [-0.1, -0.05) is 0 Å². The Kier molecular flexibility index (Phi) is 3.93. The zero-order valence-electron chi connectivity index (χ0n) is 11.2. The molecule has 2 aliphatic rings. The largest absolute Gasteiger partial charge is 0.389 e. The van der Waals surface area contributed by atoms with Gasteiger partial charge in [0.15, 0.2) is 0 Å². The van der Waals surface area contributed by atoms with Crippen LogP contribution in [0.2, 0.25) is 0 Å². The predicted molar refractivity (Wildman–Crippen MR) is 65.5 cm³/mol. The van der Waals surface area contributed by atoms with Crippen molar-refractivity contribution in [1.82, 2.24) is 10.2 Å². The van der Waals surface area contributed by atoms with Gasteiger partial charge in [-0.25, -0.2) is 0 Å². The monoisotopic (exact) mass is 264 g/mol. The lowest BCUT2D eigenvalue weighted by molar-refractivity contribution is -0.137.